The zero-order valence-corrected chi connectivity index (χ0v) is 30.3. The van der Waals surface area contributed by atoms with Crippen molar-refractivity contribution in [3.63, 3.8) is 0 Å². The lowest BCUT2D eigenvalue weighted by Gasteiger charge is -2.44. The molecule has 1 saturated carbocycles. The number of fused-ring (bicyclic) bond motifs is 3. The Labute approximate surface area is 314 Å². The van der Waals surface area contributed by atoms with E-state index in [2.05, 4.69) is 98.0 Å². The number of allylic oxidation sites excluding steroid dienone is 5. The summed E-state index contributed by atoms with van der Waals surface area (Å²) in [5, 5.41) is 29.1. The molecule has 2 spiro atoms. The van der Waals surface area contributed by atoms with Gasteiger partial charge in [0.25, 0.3) is 0 Å². The molecule has 0 aromatic heterocycles. The molecule has 1 nitrogen and oxygen atoms in total. The predicted molar refractivity (Wildman–Crippen MR) is 226 cm³/mol. The molecule has 11 aromatic carbocycles. The summed E-state index contributed by atoms with van der Waals surface area (Å²) in [5.41, 5.74) is 12.3. The van der Waals surface area contributed by atoms with E-state index in [0.717, 1.165) is 19.3 Å². The maximum atomic E-state index is 13.4. The summed E-state index contributed by atoms with van der Waals surface area (Å²) >= 11 is 0. The quantitative estimate of drug-likeness (QED) is 0.152. The van der Waals surface area contributed by atoms with Gasteiger partial charge in [0, 0.05) is 40.9 Å². The molecule has 55 heavy (non-hydrogen) atoms. The summed E-state index contributed by atoms with van der Waals surface area (Å²) in [4.78, 5) is 13.4. The SMILES string of the molecule is CCCC(=O)CCCC1(c2ccccc2)C23C4=C5C=CC6=c7ccc8c9ccc%10c%11ccc%12c(c2c2c%13c%14c%15c(c7c8c7c%15c%13c(c%11c%122)c%10c97)C6C5C%1413)C=C4. The minimum atomic E-state index is -0.178. The summed E-state index contributed by atoms with van der Waals surface area (Å²) in [6.07, 6.45) is 14.6. The second-order valence-corrected chi connectivity index (χ2v) is 18.9. The highest BCUT2D eigenvalue weighted by atomic mass is 16.1. The molecule has 0 saturated heterocycles. The van der Waals surface area contributed by atoms with E-state index >= 15 is 0 Å². The van der Waals surface area contributed by atoms with Crippen molar-refractivity contribution in [1.82, 2.24) is 0 Å². The van der Waals surface area contributed by atoms with E-state index in [1.165, 1.54) is 64.8 Å². The fourth-order valence-electron chi connectivity index (χ4n) is 17.2. The fraction of sp³-hybridized carbons (Fsp3) is 0.204. The smallest absolute Gasteiger partial charge is 0.132 e. The van der Waals surface area contributed by atoms with Gasteiger partial charge >= 0.3 is 0 Å². The first-order valence-electron chi connectivity index (χ1n) is 20.9. The number of hydrogen-bond acceptors (Lipinski definition) is 1. The van der Waals surface area contributed by atoms with Crippen molar-refractivity contribution >= 4 is 114 Å². The number of Topliss-reactive ketones (excluding diaryl/α,β-unsaturated/α-hetero) is 1. The number of hydrogen-bond donors (Lipinski definition) is 0. The standard InChI is InChI=1S/C54H30O/c1-2-7-23(55)10-6-21-52(22-8-4-3-5-9-22)53-33-20-19-31-30-16-15-27-26-12-11-24-25-13-14-28-29-17-18-32(33)50-40(29)43-37(28)36(25)41-34(24)35(26)42-38(27)39(30)46(49(31)53)48-45(42)44(41)47(43)51(48)54(50,52)53/h3-5,8-9,11-20,40,50H,2,6-7,10,21H2,1H3. The summed E-state index contributed by atoms with van der Waals surface area (Å²) in [6, 6.07) is 26.8. The van der Waals surface area contributed by atoms with Crippen molar-refractivity contribution in [2.24, 2.45) is 5.92 Å². The molecular weight excluding hydrogens is 665 g/mol. The molecule has 0 radical (unpaired) electrons. The van der Waals surface area contributed by atoms with E-state index in [1.807, 2.05) is 0 Å². The molecule has 7 aliphatic rings. The van der Waals surface area contributed by atoms with Gasteiger partial charge in [-0.15, -0.1) is 0 Å². The molecular formula is C54H30O. The molecule has 0 heterocycles. The van der Waals surface area contributed by atoms with Crippen molar-refractivity contribution in [3.05, 3.63) is 129 Å². The summed E-state index contributed by atoms with van der Waals surface area (Å²) in [7, 11) is 0. The molecule has 1 heteroatoms. The average Bonchev–Trinajstić information content (AvgIpc) is 3.89. The maximum Gasteiger partial charge on any atom is 0.132 e. The lowest BCUT2D eigenvalue weighted by molar-refractivity contribution is -0.119. The van der Waals surface area contributed by atoms with E-state index in [4.69, 9.17) is 0 Å². The highest BCUT2D eigenvalue weighted by molar-refractivity contribution is 6.60. The van der Waals surface area contributed by atoms with Gasteiger partial charge in [-0.3, -0.25) is 4.79 Å². The van der Waals surface area contributed by atoms with Crippen molar-refractivity contribution in [2.45, 2.75) is 61.2 Å². The van der Waals surface area contributed by atoms with E-state index < -0.39 is 0 Å². The van der Waals surface area contributed by atoms with Crippen LogP contribution in [0, 0.1) is 5.92 Å². The Morgan fingerprint density at radius 1 is 0.582 bits per heavy atom. The second kappa shape index (κ2) is 7.19. The molecule has 0 aliphatic heterocycles. The number of rotatable bonds is 7. The molecule has 252 valence electrons. The van der Waals surface area contributed by atoms with Crippen LogP contribution in [-0.2, 0) is 21.0 Å². The average molecular weight is 695 g/mol. The number of carbonyl (C=O) groups excluding carboxylic acids is 1. The van der Waals surface area contributed by atoms with E-state index in [-0.39, 0.29) is 16.2 Å². The maximum absolute atomic E-state index is 13.4. The van der Waals surface area contributed by atoms with Crippen molar-refractivity contribution in [2.75, 3.05) is 0 Å². The van der Waals surface area contributed by atoms with Crippen LogP contribution in [0.15, 0.2) is 96.1 Å². The van der Waals surface area contributed by atoms with Crippen molar-refractivity contribution < 1.29 is 4.79 Å². The predicted octanol–water partition coefficient (Wildman–Crippen LogP) is 12.2. The summed E-state index contributed by atoms with van der Waals surface area (Å²) in [6.45, 7) is 2.15. The molecule has 5 unspecified atom stereocenters. The van der Waals surface area contributed by atoms with Gasteiger partial charge in [-0.05, 0) is 166 Å². The molecule has 7 aliphatic carbocycles. The van der Waals surface area contributed by atoms with Gasteiger partial charge in [0.1, 0.15) is 5.78 Å². The minimum absolute atomic E-state index is 0.123. The minimum Gasteiger partial charge on any atom is -0.300 e. The van der Waals surface area contributed by atoms with Crippen LogP contribution >= 0.6 is 0 Å². The zero-order valence-electron chi connectivity index (χ0n) is 30.3. The topological polar surface area (TPSA) is 17.1 Å². The summed E-state index contributed by atoms with van der Waals surface area (Å²) < 4.78 is 0. The van der Waals surface area contributed by atoms with Crippen LogP contribution < -0.4 is 5.22 Å². The van der Waals surface area contributed by atoms with Crippen LogP contribution in [0.5, 0.6) is 0 Å². The van der Waals surface area contributed by atoms with Gasteiger partial charge in [-0.1, -0.05) is 98.0 Å². The molecule has 0 N–H and O–H groups in total. The van der Waals surface area contributed by atoms with E-state index in [1.54, 1.807) is 81.9 Å². The Morgan fingerprint density at radius 2 is 1.22 bits per heavy atom. The Balaban J connectivity index is 1.19. The third-order valence-electron chi connectivity index (χ3n) is 17.9. The van der Waals surface area contributed by atoms with Crippen LogP contribution in [0.4, 0.5) is 0 Å². The van der Waals surface area contributed by atoms with Gasteiger partial charge in [0.05, 0.1) is 0 Å². The van der Waals surface area contributed by atoms with Gasteiger partial charge in [0.2, 0.25) is 0 Å². The first kappa shape index (κ1) is 26.1. The van der Waals surface area contributed by atoms with Crippen LogP contribution in [0.1, 0.15) is 72.8 Å². The highest BCUT2D eigenvalue weighted by Crippen LogP contribution is 2.96. The molecule has 1 fully saturated rings. The monoisotopic (exact) mass is 694 g/mol. The summed E-state index contributed by atoms with van der Waals surface area (Å²) in [5.74, 6) is 1.14. The molecule has 0 bridgehead atoms. The molecule has 5 atom stereocenters. The number of benzene rings is 7. The van der Waals surface area contributed by atoms with E-state index in [9.17, 15) is 4.79 Å². The Morgan fingerprint density at radius 3 is 1.98 bits per heavy atom. The van der Waals surface area contributed by atoms with Crippen LogP contribution in [-0.4, -0.2) is 5.78 Å². The third-order valence-corrected chi connectivity index (χ3v) is 17.9. The first-order chi connectivity index (χ1) is 27.2. The lowest BCUT2D eigenvalue weighted by Crippen LogP contribution is -2.38. The van der Waals surface area contributed by atoms with Gasteiger partial charge in [-0.2, -0.15) is 0 Å². The molecule has 0 amide bonds. The number of ketones is 1. The zero-order chi connectivity index (χ0) is 35.0. The lowest BCUT2D eigenvalue weighted by atomic mass is 9.57. The Hall–Kier alpha value is -5.79. The van der Waals surface area contributed by atoms with Gasteiger partial charge < -0.3 is 0 Å². The number of carbonyl (C=O) groups is 1. The van der Waals surface area contributed by atoms with Crippen LogP contribution in [0.3, 0.4) is 0 Å². The van der Waals surface area contributed by atoms with Crippen LogP contribution in [0.25, 0.3) is 109 Å². The Bertz CT molecular complexity index is 3940. The third kappa shape index (κ3) is 1.91. The fourth-order valence-corrected chi connectivity index (χ4v) is 17.2. The second-order valence-electron chi connectivity index (χ2n) is 18.9. The molecule has 18 rings (SSSR count). The highest BCUT2D eigenvalue weighted by Gasteiger charge is 2.96. The molecule has 11 aromatic rings. The Kier molecular flexibility index (Phi) is 3.41. The van der Waals surface area contributed by atoms with E-state index in [0.29, 0.717) is 30.5 Å². The van der Waals surface area contributed by atoms with Crippen molar-refractivity contribution in [3.8, 4) is 0 Å². The van der Waals surface area contributed by atoms with Crippen molar-refractivity contribution in [1.29, 1.82) is 0 Å². The first-order valence-corrected chi connectivity index (χ1v) is 20.9. The normalized spacial score (nSPS) is 28.5. The van der Waals surface area contributed by atoms with Gasteiger partial charge in [-0.25, -0.2) is 0 Å². The largest absolute Gasteiger partial charge is 0.300 e. The van der Waals surface area contributed by atoms with Gasteiger partial charge in [0.15, 0.2) is 0 Å². The van der Waals surface area contributed by atoms with Crippen LogP contribution in [0.2, 0.25) is 0 Å².